The number of para-hydroxylation sites is 1. The van der Waals surface area contributed by atoms with E-state index in [0.717, 1.165) is 18.2 Å². The minimum Gasteiger partial charge on any atom is -0.426 e. The standard InChI is InChI=1S/C27H26F2N4O4/c1-26(27(2,36)24(28)29,25(35)37-22-6-4-3-5-7-22)13-17-32-16-12-20(18-23(32)34)19-8-10-21(11-9-19)33-30-14-15-31-33/h3-12,14-16,18,24,36H,13,17H2,1-2H3. The van der Waals surface area contributed by atoms with Gasteiger partial charge >= 0.3 is 5.97 Å². The predicted octanol–water partition coefficient (Wildman–Crippen LogP) is 4.11. The number of aryl methyl sites for hydroxylation is 1. The molecular weight excluding hydrogens is 482 g/mol. The van der Waals surface area contributed by atoms with Crippen LogP contribution in [-0.2, 0) is 11.3 Å². The molecule has 0 aliphatic carbocycles. The molecule has 2 aromatic heterocycles. The number of benzene rings is 2. The third kappa shape index (κ3) is 5.34. The van der Waals surface area contributed by atoms with E-state index in [1.807, 2.05) is 24.3 Å². The van der Waals surface area contributed by atoms with Crippen molar-refractivity contribution in [2.45, 2.75) is 38.8 Å². The number of hydrogen-bond acceptors (Lipinski definition) is 6. The zero-order valence-electron chi connectivity index (χ0n) is 20.3. The van der Waals surface area contributed by atoms with Crippen LogP contribution < -0.4 is 10.3 Å². The van der Waals surface area contributed by atoms with Crippen LogP contribution in [0.25, 0.3) is 16.8 Å². The number of aliphatic hydroxyl groups is 1. The van der Waals surface area contributed by atoms with E-state index in [0.29, 0.717) is 5.56 Å². The molecule has 0 saturated heterocycles. The van der Waals surface area contributed by atoms with Gasteiger partial charge in [-0.05, 0) is 61.7 Å². The van der Waals surface area contributed by atoms with E-state index in [1.165, 1.54) is 40.7 Å². The molecule has 10 heteroatoms. The maximum absolute atomic E-state index is 13.8. The first-order valence-corrected chi connectivity index (χ1v) is 11.6. The van der Waals surface area contributed by atoms with Gasteiger partial charge in [-0.2, -0.15) is 15.0 Å². The molecule has 2 aromatic carbocycles. The molecule has 0 saturated carbocycles. The molecule has 2 heterocycles. The molecule has 0 aliphatic heterocycles. The van der Waals surface area contributed by atoms with Gasteiger partial charge in [0, 0.05) is 18.8 Å². The first-order chi connectivity index (χ1) is 17.6. The van der Waals surface area contributed by atoms with Crippen LogP contribution in [0, 0.1) is 5.41 Å². The van der Waals surface area contributed by atoms with Crippen LogP contribution in [0.1, 0.15) is 20.3 Å². The van der Waals surface area contributed by atoms with Crippen molar-refractivity contribution in [3.63, 3.8) is 0 Å². The van der Waals surface area contributed by atoms with Gasteiger partial charge in [0.05, 0.1) is 18.1 Å². The van der Waals surface area contributed by atoms with Crippen molar-refractivity contribution in [1.29, 1.82) is 0 Å². The van der Waals surface area contributed by atoms with Crippen molar-refractivity contribution in [2.75, 3.05) is 0 Å². The second kappa shape index (κ2) is 10.4. The van der Waals surface area contributed by atoms with Crippen molar-refractivity contribution in [2.24, 2.45) is 5.41 Å². The number of rotatable bonds is 9. The lowest BCUT2D eigenvalue weighted by molar-refractivity contribution is -0.188. The maximum Gasteiger partial charge on any atom is 0.320 e. The fraction of sp³-hybridized carbons (Fsp3) is 0.259. The number of carbonyl (C=O) groups excluding carboxylic acids is 1. The topological polar surface area (TPSA) is 99.2 Å². The number of hydrogen-bond donors (Lipinski definition) is 1. The average molecular weight is 509 g/mol. The molecule has 4 rings (SSSR count). The van der Waals surface area contributed by atoms with Gasteiger partial charge in [-0.15, -0.1) is 0 Å². The number of ether oxygens (including phenoxy) is 1. The van der Waals surface area contributed by atoms with Crippen LogP contribution in [0.3, 0.4) is 0 Å². The fourth-order valence-corrected chi connectivity index (χ4v) is 3.86. The summed E-state index contributed by atoms with van der Waals surface area (Å²) in [4.78, 5) is 27.3. The lowest BCUT2D eigenvalue weighted by Gasteiger charge is -2.40. The molecule has 0 radical (unpaired) electrons. The van der Waals surface area contributed by atoms with E-state index in [-0.39, 0.29) is 24.3 Å². The van der Waals surface area contributed by atoms with E-state index in [2.05, 4.69) is 10.2 Å². The second-order valence-corrected chi connectivity index (χ2v) is 9.05. The highest BCUT2D eigenvalue weighted by molar-refractivity contribution is 5.80. The zero-order chi connectivity index (χ0) is 26.6. The minimum atomic E-state index is -3.22. The molecule has 8 nitrogen and oxygen atoms in total. The molecule has 0 spiro atoms. The largest absolute Gasteiger partial charge is 0.426 e. The summed E-state index contributed by atoms with van der Waals surface area (Å²) in [7, 11) is 0. The Morgan fingerprint density at radius 2 is 1.65 bits per heavy atom. The SMILES string of the molecule is CC(CCn1ccc(-c2ccc(-n3nccn3)cc2)cc1=O)(C(=O)Oc1ccccc1)C(C)(O)C(F)F. The van der Waals surface area contributed by atoms with E-state index >= 15 is 0 Å². The molecular formula is C27H26F2N4O4. The van der Waals surface area contributed by atoms with Crippen LogP contribution in [0.5, 0.6) is 5.75 Å². The summed E-state index contributed by atoms with van der Waals surface area (Å²) in [6.45, 7) is 2.03. The molecule has 0 aliphatic rings. The van der Waals surface area contributed by atoms with Crippen molar-refractivity contribution in [1.82, 2.24) is 19.6 Å². The number of alkyl halides is 2. The summed E-state index contributed by atoms with van der Waals surface area (Å²) in [5.41, 5.74) is -2.89. The van der Waals surface area contributed by atoms with Gasteiger partial charge < -0.3 is 14.4 Å². The third-order valence-electron chi connectivity index (χ3n) is 6.65. The molecule has 1 N–H and O–H groups in total. The summed E-state index contributed by atoms with van der Waals surface area (Å²) in [5, 5.41) is 18.8. The summed E-state index contributed by atoms with van der Waals surface area (Å²) < 4.78 is 34.3. The zero-order valence-corrected chi connectivity index (χ0v) is 20.3. The Hall–Kier alpha value is -4.18. The monoisotopic (exact) mass is 508 g/mol. The lowest BCUT2D eigenvalue weighted by atomic mass is 9.71. The Bertz CT molecular complexity index is 1400. The number of halogens is 2. The minimum absolute atomic E-state index is 0.0910. The quantitative estimate of drug-likeness (QED) is 0.270. The van der Waals surface area contributed by atoms with E-state index in [4.69, 9.17) is 4.74 Å². The van der Waals surface area contributed by atoms with Crippen LogP contribution >= 0.6 is 0 Å². The van der Waals surface area contributed by atoms with E-state index in [1.54, 1.807) is 36.7 Å². The van der Waals surface area contributed by atoms with Crippen molar-refractivity contribution >= 4 is 5.97 Å². The van der Waals surface area contributed by atoms with E-state index < -0.39 is 23.4 Å². The van der Waals surface area contributed by atoms with Crippen molar-refractivity contribution in [3.05, 3.63) is 95.7 Å². The van der Waals surface area contributed by atoms with Crippen LogP contribution in [0.2, 0.25) is 0 Å². The molecule has 4 aromatic rings. The van der Waals surface area contributed by atoms with Gasteiger partial charge in [-0.3, -0.25) is 9.59 Å². The van der Waals surface area contributed by atoms with E-state index in [9.17, 15) is 23.5 Å². The van der Waals surface area contributed by atoms with Gasteiger partial charge in [-0.25, -0.2) is 8.78 Å². The highest BCUT2D eigenvalue weighted by Gasteiger charge is 2.55. The summed E-state index contributed by atoms with van der Waals surface area (Å²) in [6.07, 6.45) is 1.18. The second-order valence-electron chi connectivity index (χ2n) is 9.05. The van der Waals surface area contributed by atoms with Gasteiger partial charge in [-0.1, -0.05) is 30.3 Å². The smallest absolute Gasteiger partial charge is 0.320 e. The average Bonchev–Trinajstić information content (AvgIpc) is 3.43. The molecule has 2 unspecified atom stereocenters. The molecule has 37 heavy (non-hydrogen) atoms. The van der Waals surface area contributed by atoms with Gasteiger partial charge in [0.15, 0.2) is 0 Å². The first-order valence-electron chi connectivity index (χ1n) is 11.6. The van der Waals surface area contributed by atoms with Crippen LogP contribution in [0.15, 0.2) is 90.1 Å². The Kier molecular flexibility index (Phi) is 7.30. The van der Waals surface area contributed by atoms with Crippen molar-refractivity contribution in [3.8, 4) is 22.6 Å². The number of carbonyl (C=O) groups is 1. The molecule has 0 bridgehead atoms. The van der Waals surface area contributed by atoms with Gasteiger partial charge in [0.25, 0.3) is 12.0 Å². The van der Waals surface area contributed by atoms with Crippen LogP contribution in [0.4, 0.5) is 8.78 Å². The van der Waals surface area contributed by atoms with Crippen LogP contribution in [-0.4, -0.2) is 42.7 Å². The highest BCUT2D eigenvalue weighted by Crippen LogP contribution is 2.41. The molecule has 0 amide bonds. The van der Waals surface area contributed by atoms with Gasteiger partial charge in [0.1, 0.15) is 16.8 Å². The summed E-state index contributed by atoms with van der Waals surface area (Å²) in [5.74, 6) is -0.847. The third-order valence-corrected chi connectivity index (χ3v) is 6.65. The normalized spacial score (nSPS) is 14.6. The highest BCUT2D eigenvalue weighted by atomic mass is 19.3. The van der Waals surface area contributed by atoms with Gasteiger partial charge in [0.2, 0.25) is 0 Å². The Morgan fingerprint density at radius 3 is 2.24 bits per heavy atom. The Morgan fingerprint density at radius 1 is 1.00 bits per heavy atom. The lowest BCUT2D eigenvalue weighted by Crippen LogP contribution is -2.56. The molecule has 2 atom stereocenters. The molecule has 0 fully saturated rings. The number of pyridine rings is 1. The Labute approximate surface area is 211 Å². The first kappa shape index (κ1) is 25.9. The fourth-order valence-electron chi connectivity index (χ4n) is 3.86. The summed E-state index contributed by atoms with van der Waals surface area (Å²) >= 11 is 0. The number of nitrogens with zero attached hydrogens (tertiary/aromatic N) is 4. The molecule has 192 valence electrons. The number of aromatic nitrogens is 4. The summed E-state index contributed by atoms with van der Waals surface area (Å²) in [6, 6.07) is 18.4. The number of esters is 1. The van der Waals surface area contributed by atoms with Crippen molar-refractivity contribution < 1.29 is 23.4 Å². The Balaban J connectivity index is 1.54. The maximum atomic E-state index is 13.8. The predicted molar refractivity (Wildman–Crippen MR) is 132 cm³/mol.